The fourth-order valence-corrected chi connectivity index (χ4v) is 5.13. The Bertz CT molecular complexity index is 1210. The monoisotopic (exact) mass is 478 g/mol. The molecule has 1 unspecified atom stereocenters. The van der Waals surface area contributed by atoms with Gasteiger partial charge in [0.25, 0.3) is 5.91 Å². The molecule has 2 fully saturated rings. The number of benzene rings is 1. The van der Waals surface area contributed by atoms with Crippen LogP contribution in [0, 0.1) is 0 Å². The molecule has 2 aromatic heterocycles. The molecule has 9 nitrogen and oxygen atoms in total. The number of hydrogen-bond acceptors (Lipinski definition) is 8. The van der Waals surface area contributed by atoms with E-state index in [-0.39, 0.29) is 42.3 Å². The number of nitrogens with zero attached hydrogens (tertiary/aromatic N) is 3. The summed E-state index contributed by atoms with van der Waals surface area (Å²) >= 11 is 1.31. The number of amides is 2. The van der Waals surface area contributed by atoms with Crippen LogP contribution < -0.4 is 5.32 Å². The summed E-state index contributed by atoms with van der Waals surface area (Å²) in [6.07, 6.45) is 3.83. The first-order valence-corrected chi connectivity index (χ1v) is 11.8. The molecule has 10 heteroatoms. The number of Topliss-reactive ketones (excluding diaryl/α,β-unsaturated/α-hetero) is 1. The number of fused-ring (bicyclic) bond motifs is 1. The van der Waals surface area contributed by atoms with E-state index in [2.05, 4.69) is 15.3 Å². The molecule has 0 aliphatic carbocycles. The van der Waals surface area contributed by atoms with Crippen molar-refractivity contribution in [1.29, 1.82) is 0 Å². The number of nitrogens with one attached hydrogen (secondary N) is 1. The van der Waals surface area contributed by atoms with Crippen molar-refractivity contribution in [3.8, 4) is 16.3 Å². The summed E-state index contributed by atoms with van der Waals surface area (Å²) in [5.74, 6) is -0.827. The normalized spacial score (nSPS) is 20.2. The molecular weight excluding hydrogens is 456 g/mol. The topological polar surface area (TPSA) is 122 Å². The number of rotatable bonds is 6. The molecule has 2 aliphatic heterocycles. The smallest absolute Gasteiger partial charge is 0.271 e. The molecule has 0 bridgehead atoms. The number of thiazole rings is 1. The molecule has 2 aliphatic rings. The van der Waals surface area contributed by atoms with E-state index in [1.807, 2.05) is 6.07 Å². The number of pyridine rings is 1. The van der Waals surface area contributed by atoms with Crippen molar-refractivity contribution in [2.75, 3.05) is 13.2 Å². The highest BCUT2D eigenvalue weighted by Crippen LogP contribution is 2.28. The Morgan fingerprint density at radius 3 is 2.85 bits per heavy atom. The number of aromatic nitrogens is 2. The van der Waals surface area contributed by atoms with Crippen LogP contribution in [0.15, 0.2) is 54.2 Å². The van der Waals surface area contributed by atoms with Crippen molar-refractivity contribution in [2.24, 2.45) is 0 Å². The Balaban J connectivity index is 1.37. The number of ketones is 1. The van der Waals surface area contributed by atoms with Crippen LogP contribution in [0.2, 0.25) is 0 Å². The lowest BCUT2D eigenvalue weighted by atomic mass is 10.0. The van der Waals surface area contributed by atoms with Gasteiger partial charge < -0.3 is 20.1 Å². The first-order chi connectivity index (χ1) is 16.5. The van der Waals surface area contributed by atoms with E-state index in [1.54, 1.807) is 36.0 Å². The van der Waals surface area contributed by atoms with E-state index < -0.39 is 18.0 Å². The molecular formula is C24H22N4O5S. The molecule has 0 saturated carbocycles. The van der Waals surface area contributed by atoms with Crippen LogP contribution in [-0.4, -0.2) is 68.9 Å². The maximum Gasteiger partial charge on any atom is 0.271 e. The zero-order valence-electron chi connectivity index (χ0n) is 18.1. The fraction of sp³-hybridized carbons (Fsp3) is 0.292. The quantitative estimate of drug-likeness (QED) is 0.554. The lowest BCUT2D eigenvalue weighted by Gasteiger charge is -2.27. The van der Waals surface area contributed by atoms with Gasteiger partial charge in [-0.2, -0.15) is 0 Å². The van der Waals surface area contributed by atoms with Gasteiger partial charge in [-0.1, -0.05) is 12.1 Å². The second-order valence-corrected chi connectivity index (χ2v) is 9.12. The van der Waals surface area contributed by atoms with Gasteiger partial charge in [0.2, 0.25) is 5.91 Å². The lowest BCUT2D eigenvalue weighted by molar-refractivity contribution is -0.138. The molecule has 3 atom stereocenters. The minimum atomic E-state index is -0.910. The molecule has 2 N–H and O–H groups in total. The highest BCUT2D eigenvalue weighted by molar-refractivity contribution is 7.13. The van der Waals surface area contributed by atoms with Gasteiger partial charge in [0.05, 0.1) is 6.10 Å². The number of carbonyl (C=O) groups excluding carboxylic acids is 3. The summed E-state index contributed by atoms with van der Waals surface area (Å²) in [5, 5.41) is 14.7. The molecule has 0 radical (unpaired) electrons. The Labute approximate surface area is 199 Å². The molecule has 174 valence electrons. The average molecular weight is 479 g/mol. The Morgan fingerprint density at radius 2 is 2.09 bits per heavy atom. The zero-order valence-corrected chi connectivity index (χ0v) is 18.9. The lowest BCUT2D eigenvalue weighted by Crippen LogP contribution is -2.53. The summed E-state index contributed by atoms with van der Waals surface area (Å²) in [7, 11) is 0. The van der Waals surface area contributed by atoms with Crippen molar-refractivity contribution in [1.82, 2.24) is 20.2 Å². The molecule has 5 rings (SSSR count). The third-order valence-corrected chi connectivity index (χ3v) is 6.91. The van der Waals surface area contributed by atoms with Gasteiger partial charge in [-0.3, -0.25) is 19.4 Å². The van der Waals surface area contributed by atoms with E-state index in [1.165, 1.54) is 28.4 Å². The number of hydrogen-bond donors (Lipinski definition) is 2. The van der Waals surface area contributed by atoms with Crippen molar-refractivity contribution in [3.05, 3.63) is 65.4 Å². The van der Waals surface area contributed by atoms with Gasteiger partial charge in [-0.25, -0.2) is 4.98 Å². The zero-order chi connectivity index (χ0) is 23.7. The van der Waals surface area contributed by atoms with Gasteiger partial charge >= 0.3 is 0 Å². The highest BCUT2D eigenvalue weighted by Gasteiger charge is 2.48. The minimum absolute atomic E-state index is 0.00401. The minimum Gasteiger partial charge on any atom is -0.508 e. The van der Waals surface area contributed by atoms with Crippen LogP contribution in [0.25, 0.3) is 10.6 Å². The van der Waals surface area contributed by atoms with Crippen LogP contribution >= 0.6 is 11.3 Å². The largest absolute Gasteiger partial charge is 0.508 e. The van der Waals surface area contributed by atoms with Gasteiger partial charge in [-0.15, -0.1) is 11.3 Å². The maximum absolute atomic E-state index is 13.5. The maximum atomic E-state index is 13.5. The Morgan fingerprint density at radius 1 is 1.26 bits per heavy atom. The second kappa shape index (κ2) is 9.32. The molecule has 0 spiro atoms. The standard InChI is InChI=1S/C24H22N4O5S/c29-16-5-3-14(4-6-16)10-17(24(32)28-9-7-20-21(28)19(30)12-33-20)26-22(31)18-13-34-23(27-18)15-2-1-8-25-11-15/h1-6,8,11,13,17,20-21,29H,7,9-10,12H2,(H,26,31)/t17?,20-,21-/m1/s1. The third kappa shape index (κ3) is 4.42. The molecule has 2 amide bonds. The third-order valence-electron chi connectivity index (χ3n) is 6.02. The number of likely N-dealkylation sites (tertiary alicyclic amines) is 1. The number of carbonyl (C=O) groups is 3. The van der Waals surface area contributed by atoms with Crippen LogP contribution in [-0.2, 0) is 20.7 Å². The number of aromatic hydroxyl groups is 1. The molecule has 3 aromatic rings. The summed E-state index contributed by atoms with van der Waals surface area (Å²) in [5.41, 5.74) is 1.76. The second-order valence-electron chi connectivity index (χ2n) is 8.26. The van der Waals surface area contributed by atoms with Crippen molar-refractivity contribution in [2.45, 2.75) is 31.0 Å². The first-order valence-electron chi connectivity index (χ1n) is 10.9. The Hall–Kier alpha value is -3.63. The van der Waals surface area contributed by atoms with Crippen molar-refractivity contribution < 1.29 is 24.2 Å². The Kier molecular flexibility index (Phi) is 6.08. The molecule has 4 heterocycles. The fourth-order valence-electron chi connectivity index (χ4n) is 4.34. The van der Waals surface area contributed by atoms with Crippen LogP contribution in [0.4, 0.5) is 0 Å². The predicted octanol–water partition coefficient (Wildman–Crippen LogP) is 1.82. The number of phenols is 1. The van der Waals surface area contributed by atoms with Gasteiger partial charge in [0.1, 0.15) is 35.1 Å². The predicted molar refractivity (Wildman–Crippen MR) is 123 cm³/mol. The number of ether oxygens (including phenoxy) is 1. The summed E-state index contributed by atoms with van der Waals surface area (Å²) in [4.78, 5) is 48.9. The molecule has 34 heavy (non-hydrogen) atoms. The van der Waals surface area contributed by atoms with Crippen LogP contribution in [0.5, 0.6) is 5.75 Å². The summed E-state index contributed by atoms with van der Waals surface area (Å²) < 4.78 is 5.50. The van der Waals surface area contributed by atoms with Crippen LogP contribution in [0.3, 0.4) is 0 Å². The van der Waals surface area contributed by atoms with E-state index >= 15 is 0 Å². The first kappa shape index (κ1) is 22.2. The SMILES string of the molecule is O=C(NC(Cc1ccc(O)cc1)C(=O)N1CC[C@H]2OCC(=O)[C@H]21)c1csc(-c2cccnc2)n1. The van der Waals surface area contributed by atoms with E-state index in [9.17, 15) is 19.5 Å². The molecule has 1 aromatic carbocycles. The average Bonchev–Trinajstić information content (AvgIpc) is 3.58. The summed E-state index contributed by atoms with van der Waals surface area (Å²) in [6.45, 7) is 0.397. The number of phenolic OH excluding ortho intramolecular Hbond substituents is 1. The van der Waals surface area contributed by atoms with Crippen molar-refractivity contribution in [3.63, 3.8) is 0 Å². The van der Waals surface area contributed by atoms with E-state index in [0.717, 1.165) is 11.1 Å². The van der Waals surface area contributed by atoms with Crippen molar-refractivity contribution >= 4 is 28.9 Å². The van der Waals surface area contributed by atoms with E-state index in [0.29, 0.717) is 18.0 Å². The molecule has 2 saturated heterocycles. The highest BCUT2D eigenvalue weighted by atomic mass is 32.1. The van der Waals surface area contributed by atoms with Gasteiger partial charge in [0.15, 0.2) is 5.78 Å². The summed E-state index contributed by atoms with van der Waals surface area (Å²) in [6, 6.07) is 8.58. The van der Waals surface area contributed by atoms with Crippen LogP contribution in [0.1, 0.15) is 22.5 Å². The van der Waals surface area contributed by atoms with Gasteiger partial charge in [-0.05, 0) is 36.2 Å². The van der Waals surface area contributed by atoms with Gasteiger partial charge in [0, 0.05) is 36.3 Å². The van der Waals surface area contributed by atoms with E-state index in [4.69, 9.17) is 4.74 Å².